The highest BCUT2D eigenvalue weighted by atomic mass is 32.2. The second-order valence-electron chi connectivity index (χ2n) is 7.44. The van der Waals surface area contributed by atoms with Crippen LogP contribution in [0.15, 0.2) is 87.7 Å². The first-order valence-corrected chi connectivity index (χ1v) is 12.9. The fourth-order valence-electron chi connectivity index (χ4n) is 3.04. The van der Waals surface area contributed by atoms with Crippen LogP contribution in [0.1, 0.15) is 16.7 Å². The van der Waals surface area contributed by atoms with Crippen LogP contribution in [0.5, 0.6) is 0 Å². The summed E-state index contributed by atoms with van der Waals surface area (Å²) >= 11 is 1.46. The number of carbonyl (C=O) groups is 1. The van der Waals surface area contributed by atoms with Crippen LogP contribution in [0, 0.1) is 6.92 Å². The van der Waals surface area contributed by atoms with Crippen molar-refractivity contribution in [1.82, 2.24) is 5.43 Å². The number of benzene rings is 3. The van der Waals surface area contributed by atoms with Gasteiger partial charge in [0.1, 0.15) is 6.54 Å². The largest absolute Gasteiger partial charge is 0.416 e. The summed E-state index contributed by atoms with van der Waals surface area (Å²) in [4.78, 5) is 13.5. The molecule has 3 rings (SSSR count). The number of amides is 1. The van der Waals surface area contributed by atoms with E-state index in [1.165, 1.54) is 36.0 Å². The number of anilines is 1. The van der Waals surface area contributed by atoms with Crippen LogP contribution in [-0.2, 0) is 21.0 Å². The smallest absolute Gasteiger partial charge is 0.271 e. The van der Waals surface area contributed by atoms with Crippen LogP contribution in [0.4, 0.5) is 18.9 Å². The zero-order chi connectivity index (χ0) is 25.6. The number of aryl methyl sites for hydroxylation is 1. The van der Waals surface area contributed by atoms with Gasteiger partial charge in [0.05, 0.1) is 22.4 Å². The number of hydrazone groups is 1. The quantitative estimate of drug-likeness (QED) is 0.255. The summed E-state index contributed by atoms with van der Waals surface area (Å²) in [7, 11) is -4.10. The van der Waals surface area contributed by atoms with E-state index in [4.69, 9.17) is 0 Å². The molecule has 0 radical (unpaired) electrons. The maximum absolute atomic E-state index is 13.4. The van der Waals surface area contributed by atoms with Gasteiger partial charge in [0, 0.05) is 4.90 Å². The predicted octanol–water partition coefficient (Wildman–Crippen LogP) is 5.08. The number of hydrogen-bond donors (Lipinski definition) is 1. The zero-order valence-corrected chi connectivity index (χ0v) is 20.4. The number of nitrogens with zero attached hydrogens (tertiary/aromatic N) is 2. The fraction of sp³-hybridized carbons (Fsp3) is 0.167. The number of thioether (sulfide) groups is 1. The summed E-state index contributed by atoms with van der Waals surface area (Å²) in [6.45, 7) is 1.26. The van der Waals surface area contributed by atoms with Gasteiger partial charge in [-0.3, -0.25) is 9.10 Å². The van der Waals surface area contributed by atoms with Gasteiger partial charge in [-0.25, -0.2) is 13.8 Å². The van der Waals surface area contributed by atoms with E-state index in [-0.39, 0.29) is 16.1 Å². The lowest BCUT2D eigenvalue weighted by Crippen LogP contribution is -2.39. The van der Waals surface area contributed by atoms with E-state index in [0.717, 1.165) is 33.1 Å². The molecule has 35 heavy (non-hydrogen) atoms. The summed E-state index contributed by atoms with van der Waals surface area (Å²) in [5, 5.41) is 3.69. The van der Waals surface area contributed by atoms with Crippen LogP contribution >= 0.6 is 11.8 Å². The molecule has 11 heteroatoms. The van der Waals surface area contributed by atoms with Gasteiger partial charge in [-0.05, 0) is 67.3 Å². The van der Waals surface area contributed by atoms with E-state index in [0.29, 0.717) is 0 Å². The van der Waals surface area contributed by atoms with Crippen molar-refractivity contribution < 1.29 is 26.4 Å². The Labute approximate surface area is 205 Å². The Balaban J connectivity index is 1.82. The number of alkyl halides is 3. The van der Waals surface area contributed by atoms with Crippen molar-refractivity contribution in [2.45, 2.75) is 22.9 Å². The molecular weight excluding hydrogens is 499 g/mol. The van der Waals surface area contributed by atoms with Crippen LogP contribution < -0.4 is 9.73 Å². The van der Waals surface area contributed by atoms with E-state index < -0.39 is 34.2 Å². The number of rotatable bonds is 8. The summed E-state index contributed by atoms with van der Waals surface area (Å²) < 4.78 is 66.3. The topological polar surface area (TPSA) is 78.8 Å². The molecule has 0 aliphatic rings. The Kier molecular flexibility index (Phi) is 8.23. The molecule has 0 unspecified atom stereocenters. The Morgan fingerprint density at radius 1 is 1.06 bits per heavy atom. The average molecular weight is 522 g/mol. The molecule has 0 saturated heterocycles. The predicted molar refractivity (Wildman–Crippen MR) is 131 cm³/mol. The molecule has 0 aliphatic heterocycles. The molecular formula is C24H22F3N3O3S2. The molecule has 0 bridgehead atoms. The zero-order valence-electron chi connectivity index (χ0n) is 18.8. The molecule has 0 aromatic heterocycles. The van der Waals surface area contributed by atoms with Gasteiger partial charge in [-0.15, -0.1) is 11.8 Å². The minimum Gasteiger partial charge on any atom is -0.271 e. The number of hydrogen-bond acceptors (Lipinski definition) is 5. The van der Waals surface area contributed by atoms with Gasteiger partial charge >= 0.3 is 6.18 Å². The first-order chi connectivity index (χ1) is 16.5. The third kappa shape index (κ3) is 6.86. The lowest BCUT2D eigenvalue weighted by molar-refractivity contribution is -0.137. The maximum atomic E-state index is 13.4. The number of halogens is 3. The highest BCUT2D eigenvalue weighted by molar-refractivity contribution is 7.98. The third-order valence-corrected chi connectivity index (χ3v) is 7.41. The van der Waals surface area contributed by atoms with Crippen molar-refractivity contribution in [1.29, 1.82) is 0 Å². The molecule has 184 valence electrons. The SMILES string of the molecule is CSc1ccc(S(=O)(=O)N(CC(=O)N/N=C\c2cccc(C(F)(F)F)c2)c2ccc(C)cc2)cc1. The molecule has 6 nitrogen and oxygen atoms in total. The van der Waals surface area contributed by atoms with Gasteiger partial charge in [0.2, 0.25) is 0 Å². The number of carbonyl (C=O) groups excluding carboxylic acids is 1. The second-order valence-corrected chi connectivity index (χ2v) is 10.2. The number of sulfonamides is 1. The molecule has 0 aliphatic carbocycles. The van der Waals surface area contributed by atoms with Crippen molar-refractivity contribution in [2.24, 2.45) is 5.10 Å². The Hall–Kier alpha value is -3.31. The van der Waals surface area contributed by atoms with E-state index in [1.807, 2.05) is 13.2 Å². The van der Waals surface area contributed by atoms with Gasteiger partial charge in [0.15, 0.2) is 0 Å². The summed E-state index contributed by atoms with van der Waals surface area (Å²) in [5.74, 6) is -0.766. The molecule has 1 N–H and O–H groups in total. The third-order valence-electron chi connectivity index (χ3n) is 4.87. The standard InChI is InChI=1S/C24H22F3N3O3S2/c1-17-6-8-20(9-7-17)30(35(32,33)22-12-10-21(34-2)11-13-22)16-23(31)29-28-15-18-4-3-5-19(14-18)24(25,26)27/h3-15H,16H2,1-2H3,(H,29,31)/b28-15-. The summed E-state index contributed by atoms with van der Waals surface area (Å²) in [5.41, 5.74) is 2.64. The molecule has 0 saturated carbocycles. The van der Waals surface area contributed by atoms with E-state index in [2.05, 4.69) is 10.5 Å². The van der Waals surface area contributed by atoms with E-state index in [9.17, 15) is 26.4 Å². The summed E-state index contributed by atoms with van der Waals surface area (Å²) in [6.07, 6.45) is -1.59. The molecule has 1 amide bonds. The van der Waals surface area contributed by atoms with Crippen molar-refractivity contribution in [3.63, 3.8) is 0 Å². The molecule has 3 aromatic carbocycles. The Morgan fingerprint density at radius 3 is 2.31 bits per heavy atom. The highest BCUT2D eigenvalue weighted by Crippen LogP contribution is 2.29. The van der Waals surface area contributed by atoms with Crippen LogP contribution in [0.3, 0.4) is 0 Å². The fourth-order valence-corrected chi connectivity index (χ4v) is 4.87. The van der Waals surface area contributed by atoms with Crippen molar-refractivity contribution >= 4 is 39.6 Å². The van der Waals surface area contributed by atoms with Gasteiger partial charge in [-0.2, -0.15) is 18.3 Å². The minimum atomic E-state index is -4.51. The highest BCUT2D eigenvalue weighted by Gasteiger charge is 2.30. The second kappa shape index (κ2) is 11.0. The Morgan fingerprint density at radius 2 is 1.71 bits per heavy atom. The normalized spacial score (nSPS) is 12.0. The lowest BCUT2D eigenvalue weighted by Gasteiger charge is -2.24. The average Bonchev–Trinajstić information content (AvgIpc) is 2.83. The molecule has 0 heterocycles. The van der Waals surface area contributed by atoms with Crippen LogP contribution in [0.2, 0.25) is 0 Å². The van der Waals surface area contributed by atoms with Gasteiger partial charge < -0.3 is 0 Å². The van der Waals surface area contributed by atoms with E-state index >= 15 is 0 Å². The van der Waals surface area contributed by atoms with Gasteiger partial charge in [-0.1, -0.05) is 29.8 Å². The molecule has 0 fully saturated rings. The van der Waals surface area contributed by atoms with Crippen LogP contribution in [-0.4, -0.2) is 33.3 Å². The first kappa shape index (κ1) is 26.3. The molecule has 0 spiro atoms. The minimum absolute atomic E-state index is 0.0103. The molecule has 0 atom stereocenters. The van der Waals surface area contributed by atoms with Crippen molar-refractivity contribution in [3.05, 3.63) is 89.5 Å². The van der Waals surface area contributed by atoms with Gasteiger partial charge in [0.25, 0.3) is 15.9 Å². The van der Waals surface area contributed by atoms with E-state index in [1.54, 1.807) is 36.4 Å². The maximum Gasteiger partial charge on any atom is 0.416 e. The monoisotopic (exact) mass is 521 g/mol. The van der Waals surface area contributed by atoms with Crippen LogP contribution in [0.25, 0.3) is 0 Å². The lowest BCUT2D eigenvalue weighted by atomic mass is 10.1. The van der Waals surface area contributed by atoms with Crippen molar-refractivity contribution in [3.8, 4) is 0 Å². The van der Waals surface area contributed by atoms with Crippen molar-refractivity contribution in [2.75, 3.05) is 17.1 Å². The first-order valence-electron chi connectivity index (χ1n) is 10.2. The number of nitrogens with one attached hydrogen (secondary N) is 1. The Bertz CT molecular complexity index is 1310. The molecule has 3 aromatic rings. The summed E-state index contributed by atoms with van der Waals surface area (Å²) in [6, 6.07) is 17.3.